The molecule has 4 heteroatoms. The van der Waals surface area contributed by atoms with Gasteiger partial charge in [-0.05, 0) is 17.7 Å². The van der Waals surface area contributed by atoms with Crippen LogP contribution in [0.1, 0.15) is 18.1 Å². The Labute approximate surface area is 94.4 Å². The summed E-state index contributed by atoms with van der Waals surface area (Å²) in [6.07, 6.45) is 0.0523. The summed E-state index contributed by atoms with van der Waals surface area (Å²) in [6, 6.07) is 7.33. The zero-order valence-electron chi connectivity index (χ0n) is 8.79. The van der Waals surface area contributed by atoms with Gasteiger partial charge in [0.15, 0.2) is 0 Å². The molecule has 1 amide bonds. The zero-order chi connectivity index (χ0) is 11.3. The number of hydrogen-bond acceptors (Lipinski definition) is 2. The minimum Gasteiger partial charge on any atom is -0.376 e. The Morgan fingerprint density at radius 1 is 1.60 bits per heavy atom. The van der Waals surface area contributed by atoms with Crippen LogP contribution in [0.5, 0.6) is 0 Å². The predicted octanol–water partition coefficient (Wildman–Crippen LogP) is 2.16. The molecule has 15 heavy (non-hydrogen) atoms. The highest BCUT2D eigenvalue weighted by Crippen LogP contribution is 2.22. The lowest BCUT2D eigenvalue weighted by Crippen LogP contribution is -2.21. The van der Waals surface area contributed by atoms with Gasteiger partial charge < -0.3 is 10.1 Å². The van der Waals surface area contributed by atoms with Crippen LogP contribution in [0.2, 0.25) is 5.02 Å². The molecule has 0 aliphatic heterocycles. The molecule has 0 radical (unpaired) electrons. The summed E-state index contributed by atoms with van der Waals surface area (Å²) in [5.74, 6) is -0.0539. The summed E-state index contributed by atoms with van der Waals surface area (Å²) in [5, 5.41) is 3.21. The van der Waals surface area contributed by atoms with Crippen molar-refractivity contribution in [1.29, 1.82) is 0 Å². The SMILES string of the molecule is CNC(=O)CC(OC)c1cccc(Cl)c1. The van der Waals surface area contributed by atoms with E-state index in [-0.39, 0.29) is 12.0 Å². The molecule has 0 heterocycles. The lowest BCUT2D eigenvalue weighted by atomic mass is 10.1. The highest BCUT2D eigenvalue weighted by atomic mass is 35.5. The standard InChI is InChI=1S/C11H14ClNO2/c1-13-11(14)7-10(15-2)8-4-3-5-9(12)6-8/h3-6,10H,7H2,1-2H3,(H,13,14). The molecule has 0 bridgehead atoms. The van der Waals surface area contributed by atoms with E-state index in [2.05, 4.69) is 5.32 Å². The van der Waals surface area contributed by atoms with Crippen molar-refractivity contribution in [3.8, 4) is 0 Å². The zero-order valence-corrected chi connectivity index (χ0v) is 9.54. The van der Waals surface area contributed by atoms with Crippen LogP contribution < -0.4 is 5.32 Å². The van der Waals surface area contributed by atoms with Gasteiger partial charge in [0.2, 0.25) is 5.91 Å². The van der Waals surface area contributed by atoms with Gasteiger partial charge in [-0.3, -0.25) is 4.79 Å². The van der Waals surface area contributed by atoms with Gasteiger partial charge in [0, 0.05) is 19.2 Å². The fourth-order valence-electron chi connectivity index (χ4n) is 1.31. The van der Waals surface area contributed by atoms with Crippen LogP contribution in [-0.2, 0) is 9.53 Å². The number of methoxy groups -OCH3 is 1. The minimum absolute atomic E-state index is 0.0539. The first kappa shape index (κ1) is 12.0. The van der Waals surface area contributed by atoms with Gasteiger partial charge in [0.05, 0.1) is 12.5 Å². The van der Waals surface area contributed by atoms with E-state index in [0.717, 1.165) is 5.56 Å². The molecule has 0 saturated carbocycles. The predicted molar refractivity (Wildman–Crippen MR) is 59.9 cm³/mol. The highest BCUT2D eigenvalue weighted by Gasteiger charge is 2.14. The van der Waals surface area contributed by atoms with E-state index < -0.39 is 0 Å². The molecule has 3 nitrogen and oxygen atoms in total. The molecule has 0 fully saturated rings. The first-order valence-electron chi connectivity index (χ1n) is 4.66. The molecule has 1 aromatic carbocycles. The fourth-order valence-corrected chi connectivity index (χ4v) is 1.51. The topological polar surface area (TPSA) is 38.3 Å². The van der Waals surface area contributed by atoms with Gasteiger partial charge in [-0.15, -0.1) is 0 Å². The largest absolute Gasteiger partial charge is 0.376 e. The third-order valence-electron chi connectivity index (χ3n) is 2.15. The summed E-state index contributed by atoms with van der Waals surface area (Å²) >= 11 is 5.86. The lowest BCUT2D eigenvalue weighted by molar-refractivity contribution is -0.123. The van der Waals surface area contributed by atoms with Crippen molar-refractivity contribution < 1.29 is 9.53 Å². The van der Waals surface area contributed by atoms with Crippen LogP contribution in [0.3, 0.4) is 0 Å². The molecule has 0 aliphatic carbocycles. The van der Waals surface area contributed by atoms with Crippen molar-refractivity contribution in [2.45, 2.75) is 12.5 Å². The van der Waals surface area contributed by atoms with Crippen molar-refractivity contribution in [2.24, 2.45) is 0 Å². The van der Waals surface area contributed by atoms with Crippen molar-refractivity contribution >= 4 is 17.5 Å². The normalized spacial score (nSPS) is 12.2. The van der Waals surface area contributed by atoms with E-state index >= 15 is 0 Å². The second kappa shape index (κ2) is 5.73. The summed E-state index contributed by atoms with van der Waals surface area (Å²) in [5.41, 5.74) is 0.911. The molecule has 0 spiro atoms. The van der Waals surface area contributed by atoms with Crippen LogP contribution in [0.25, 0.3) is 0 Å². The third-order valence-corrected chi connectivity index (χ3v) is 2.39. The second-order valence-electron chi connectivity index (χ2n) is 3.16. The fraction of sp³-hybridized carbons (Fsp3) is 0.364. The maximum Gasteiger partial charge on any atom is 0.222 e. The maximum atomic E-state index is 11.2. The number of amides is 1. The van der Waals surface area contributed by atoms with Crippen molar-refractivity contribution in [3.63, 3.8) is 0 Å². The van der Waals surface area contributed by atoms with Crippen LogP contribution in [0.15, 0.2) is 24.3 Å². The van der Waals surface area contributed by atoms with E-state index in [9.17, 15) is 4.79 Å². The maximum absolute atomic E-state index is 11.2. The van der Waals surface area contributed by atoms with Crippen LogP contribution >= 0.6 is 11.6 Å². The Morgan fingerprint density at radius 2 is 2.33 bits per heavy atom. The number of carbonyl (C=O) groups excluding carboxylic acids is 1. The molecule has 0 aromatic heterocycles. The Bertz CT molecular complexity index is 341. The summed E-state index contributed by atoms with van der Waals surface area (Å²) in [7, 11) is 3.18. The van der Waals surface area contributed by atoms with E-state index in [1.807, 2.05) is 12.1 Å². The van der Waals surface area contributed by atoms with Crippen LogP contribution in [0.4, 0.5) is 0 Å². The minimum atomic E-state index is -0.247. The van der Waals surface area contributed by atoms with Crippen molar-refractivity contribution in [3.05, 3.63) is 34.9 Å². The molecule has 1 aromatic rings. The first-order chi connectivity index (χ1) is 7.17. The molecule has 82 valence electrons. The lowest BCUT2D eigenvalue weighted by Gasteiger charge is -2.14. The molecular formula is C11H14ClNO2. The van der Waals surface area contributed by atoms with E-state index in [0.29, 0.717) is 11.4 Å². The highest BCUT2D eigenvalue weighted by molar-refractivity contribution is 6.30. The molecule has 0 aliphatic rings. The van der Waals surface area contributed by atoms with Crippen molar-refractivity contribution in [2.75, 3.05) is 14.2 Å². The number of carbonyl (C=O) groups is 1. The Balaban J connectivity index is 2.78. The Hall–Kier alpha value is -1.06. The smallest absolute Gasteiger partial charge is 0.222 e. The monoisotopic (exact) mass is 227 g/mol. The Kier molecular flexibility index (Phi) is 4.59. The van der Waals surface area contributed by atoms with Gasteiger partial charge in [-0.2, -0.15) is 0 Å². The number of benzene rings is 1. The van der Waals surface area contributed by atoms with Crippen LogP contribution in [-0.4, -0.2) is 20.1 Å². The number of rotatable bonds is 4. The van der Waals surface area contributed by atoms with Gasteiger partial charge in [0.1, 0.15) is 0 Å². The van der Waals surface area contributed by atoms with E-state index in [1.165, 1.54) is 0 Å². The van der Waals surface area contributed by atoms with Gasteiger partial charge in [-0.1, -0.05) is 23.7 Å². The quantitative estimate of drug-likeness (QED) is 0.856. The Morgan fingerprint density at radius 3 is 2.87 bits per heavy atom. The number of halogens is 1. The number of ether oxygens (including phenoxy) is 1. The molecule has 1 N–H and O–H groups in total. The summed E-state index contributed by atoms with van der Waals surface area (Å²) in [4.78, 5) is 11.2. The molecule has 1 unspecified atom stereocenters. The second-order valence-corrected chi connectivity index (χ2v) is 3.59. The molecular weight excluding hydrogens is 214 g/mol. The first-order valence-corrected chi connectivity index (χ1v) is 5.04. The molecule has 0 saturated heterocycles. The van der Waals surface area contributed by atoms with Crippen LogP contribution in [0, 0.1) is 0 Å². The van der Waals surface area contributed by atoms with Crippen molar-refractivity contribution in [1.82, 2.24) is 5.32 Å². The number of hydrogen-bond donors (Lipinski definition) is 1. The summed E-state index contributed by atoms with van der Waals surface area (Å²) < 4.78 is 5.24. The van der Waals surface area contributed by atoms with Gasteiger partial charge >= 0.3 is 0 Å². The molecule has 1 atom stereocenters. The summed E-state index contributed by atoms with van der Waals surface area (Å²) in [6.45, 7) is 0. The number of nitrogens with one attached hydrogen (secondary N) is 1. The van der Waals surface area contributed by atoms with E-state index in [4.69, 9.17) is 16.3 Å². The molecule has 1 rings (SSSR count). The van der Waals surface area contributed by atoms with Gasteiger partial charge in [-0.25, -0.2) is 0 Å². The van der Waals surface area contributed by atoms with Gasteiger partial charge in [0.25, 0.3) is 0 Å². The average Bonchev–Trinajstić information content (AvgIpc) is 2.25. The van der Waals surface area contributed by atoms with E-state index in [1.54, 1.807) is 26.3 Å². The average molecular weight is 228 g/mol. The third kappa shape index (κ3) is 3.53.